The van der Waals surface area contributed by atoms with E-state index in [1.54, 1.807) is 0 Å². The van der Waals surface area contributed by atoms with Crippen LogP contribution in [0.4, 0.5) is 0 Å². The van der Waals surface area contributed by atoms with Gasteiger partial charge in [0.15, 0.2) is 0 Å². The normalized spacial score (nSPS) is 28.7. The molecule has 2 fully saturated rings. The molecule has 2 aliphatic rings. The van der Waals surface area contributed by atoms with Crippen molar-refractivity contribution in [3.8, 4) is 0 Å². The first-order valence-corrected chi connectivity index (χ1v) is 7.94. The highest BCUT2D eigenvalue weighted by atomic mass is 16.3. The van der Waals surface area contributed by atoms with E-state index < -0.39 is 0 Å². The Morgan fingerprint density at radius 2 is 1.94 bits per heavy atom. The minimum atomic E-state index is -0.0782. The SMILES string of the molecule is CCC(O)CCCN1CCC(N2CCCCC2)C1. The summed E-state index contributed by atoms with van der Waals surface area (Å²) in [4.78, 5) is 5.31. The van der Waals surface area contributed by atoms with Crippen LogP contribution in [-0.4, -0.2) is 59.8 Å². The predicted octanol–water partition coefficient (Wildman–Crippen LogP) is 2.10. The van der Waals surface area contributed by atoms with Gasteiger partial charge >= 0.3 is 0 Å². The number of hydrogen-bond acceptors (Lipinski definition) is 3. The molecule has 2 aliphatic heterocycles. The molecule has 0 aromatic rings. The Kier molecular flexibility index (Phi) is 5.93. The van der Waals surface area contributed by atoms with Crippen molar-refractivity contribution in [3.05, 3.63) is 0 Å². The van der Waals surface area contributed by atoms with Crippen LogP contribution in [0.1, 0.15) is 51.9 Å². The minimum absolute atomic E-state index is 0.0782. The molecule has 106 valence electrons. The van der Waals surface area contributed by atoms with E-state index in [9.17, 15) is 5.11 Å². The molecule has 3 nitrogen and oxygen atoms in total. The maximum Gasteiger partial charge on any atom is 0.0538 e. The molecule has 0 aromatic heterocycles. The highest BCUT2D eigenvalue weighted by molar-refractivity contribution is 4.84. The minimum Gasteiger partial charge on any atom is -0.393 e. The Bertz CT molecular complexity index is 229. The molecule has 18 heavy (non-hydrogen) atoms. The van der Waals surface area contributed by atoms with Crippen LogP contribution < -0.4 is 0 Å². The number of rotatable bonds is 6. The van der Waals surface area contributed by atoms with Crippen molar-refractivity contribution in [2.45, 2.75) is 64.0 Å². The third-order valence-electron chi connectivity index (χ3n) is 4.64. The fourth-order valence-electron chi connectivity index (χ4n) is 3.35. The standard InChI is InChI=1S/C15H30N2O/c1-2-15(18)7-6-9-16-12-8-14(13-16)17-10-4-3-5-11-17/h14-15,18H,2-13H2,1H3. The van der Waals surface area contributed by atoms with Crippen molar-refractivity contribution < 1.29 is 5.11 Å². The van der Waals surface area contributed by atoms with E-state index in [4.69, 9.17) is 0 Å². The second-order valence-corrected chi connectivity index (χ2v) is 6.04. The molecule has 0 bridgehead atoms. The van der Waals surface area contributed by atoms with Gasteiger partial charge in [-0.1, -0.05) is 13.3 Å². The van der Waals surface area contributed by atoms with Gasteiger partial charge in [-0.15, -0.1) is 0 Å². The largest absolute Gasteiger partial charge is 0.393 e. The summed E-state index contributed by atoms with van der Waals surface area (Å²) in [5.41, 5.74) is 0. The molecule has 3 heteroatoms. The zero-order valence-electron chi connectivity index (χ0n) is 12.0. The van der Waals surface area contributed by atoms with E-state index in [-0.39, 0.29) is 6.10 Å². The quantitative estimate of drug-likeness (QED) is 0.786. The summed E-state index contributed by atoms with van der Waals surface area (Å²) in [6.45, 7) is 8.43. The second-order valence-electron chi connectivity index (χ2n) is 6.04. The van der Waals surface area contributed by atoms with Crippen LogP contribution >= 0.6 is 0 Å². The summed E-state index contributed by atoms with van der Waals surface area (Å²) in [5.74, 6) is 0. The predicted molar refractivity (Wildman–Crippen MR) is 75.8 cm³/mol. The van der Waals surface area contributed by atoms with Crippen LogP contribution in [0.3, 0.4) is 0 Å². The van der Waals surface area contributed by atoms with E-state index in [2.05, 4.69) is 16.7 Å². The third-order valence-corrected chi connectivity index (χ3v) is 4.64. The van der Waals surface area contributed by atoms with Crippen LogP contribution in [0, 0.1) is 0 Å². The smallest absolute Gasteiger partial charge is 0.0538 e. The Hall–Kier alpha value is -0.120. The van der Waals surface area contributed by atoms with Gasteiger partial charge in [-0.2, -0.15) is 0 Å². The summed E-state index contributed by atoms with van der Waals surface area (Å²) in [6, 6.07) is 0.821. The monoisotopic (exact) mass is 254 g/mol. The molecule has 0 aliphatic carbocycles. The number of nitrogens with zero attached hydrogens (tertiary/aromatic N) is 2. The summed E-state index contributed by atoms with van der Waals surface area (Å²) >= 11 is 0. The maximum absolute atomic E-state index is 9.56. The molecular formula is C15H30N2O. The van der Waals surface area contributed by atoms with Crippen molar-refractivity contribution in [3.63, 3.8) is 0 Å². The van der Waals surface area contributed by atoms with Gasteiger partial charge in [-0.05, 0) is 64.7 Å². The van der Waals surface area contributed by atoms with Gasteiger partial charge in [0.1, 0.15) is 0 Å². The van der Waals surface area contributed by atoms with E-state index in [1.165, 1.54) is 58.4 Å². The van der Waals surface area contributed by atoms with Crippen molar-refractivity contribution >= 4 is 0 Å². The first kappa shape index (κ1) is 14.3. The molecule has 0 amide bonds. The Balaban J connectivity index is 1.62. The summed E-state index contributed by atoms with van der Waals surface area (Å²) < 4.78 is 0. The van der Waals surface area contributed by atoms with Crippen molar-refractivity contribution in [1.29, 1.82) is 0 Å². The van der Waals surface area contributed by atoms with Gasteiger partial charge in [0.05, 0.1) is 6.10 Å². The lowest BCUT2D eigenvalue weighted by Gasteiger charge is -2.32. The summed E-state index contributed by atoms with van der Waals surface area (Å²) in [7, 11) is 0. The molecule has 0 aromatic carbocycles. The lowest BCUT2D eigenvalue weighted by atomic mass is 10.1. The lowest BCUT2D eigenvalue weighted by molar-refractivity contribution is 0.146. The molecular weight excluding hydrogens is 224 g/mol. The molecule has 0 radical (unpaired) electrons. The van der Waals surface area contributed by atoms with Crippen LogP contribution in [0.2, 0.25) is 0 Å². The molecule has 2 rings (SSSR count). The number of hydrogen-bond donors (Lipinski definition) is 1. The Labute approximate surface area is 112 Å². The molecule has 2 saturated heterocycles. The molecule has 0 spiro atoms. The zero-order chi connectivity index (χ0) is 12.8. The van der Waals surface area contributed by atoms with Crippen molar-refractivity contribution in [2.75, 3.05) is 32.7 Å². The van der Waals surface area contributed by atoms with Crippen LogP contribution in [0.25, 0.3) is 0 Å². The second kappa shape index (κ2) is 7.46. The fraction of sp³-hybridized carbons (Fsp3) is 1.00. The number of likely N-dealkylation sites (tertiary alicyclic amines) is 2. The van der Waals surface area contributed by atoms with Gasteiger partial charge in [-0.3, -0.25) is 4.90 Å². The van der Waals surface area contributed by atoms with Crippen LogP contribution in [0.5, 0.6) is 0 Å². The van der Waals surface area contributed by atoms with Gasteiger partial charge in [0.2, 0.25) is 0 Å². The maximum atomic E-state index is 9.56. The molecule has 2 atom stereocenters. The fourth-order valence-corrected chi connectivity index (χ4v) is 3.35. The van der Waals surface area contributed by atoms with Crippen molar-refractivity contribution in [1.82, 2.24) is 9.80 Å². The number of aliphatic hydroxyl groups excluding tert-OH is 1. The van der Waals surface area contributed by atoms with E-state index in [1.807, 2.05) is 0 Å². The molecule has 0 saturated carbocycles. The van der Waals surface area contributed by atoms with E-state index >= 15 is 0 Å². The summed E-state index contributed by atoms with van der Waals surface area (Å²) in [6.07, 6.45) is 8.54. The van der Waals surface area contributed by atoms with E-state index in [0.717, 1.165) is 25.3 Å². The van der Waals surface area contributed by atoms with Gasteiger partial charge < -0.3 is 10.0 Å². The topological polar surface area (TPSA) is 26.7 Å². The van der Waals surface area contributed by atoms with Gasteiger partial charge in [0, 0.05) is 12.6 Å². The van der Waals surface area contributed by atoms with Gasteiger partial charge in [0.25, 0.3) is 0 Å². The number of aliphatic hydroxyl groups is 1. The Morgan fingerprint density at radius 3 is 2.67 bits per heavy atom. The summed E-state index contributed by atoms with van der Waals surface area (Å²) in [5, 5.41) is 9.56. The zero-order valence-corrected chi connectivity index (χ0v) is 12.0. The first-order valence-electron chi connectivity index (χ1n) is 7.94. The highest BCUT2D eigenvalue weighted by Crippen LogP contribution is 2.20. The van der Waals surface area contributed by atoms with Crippen molar-refractivity contribution in [2.24, 2.45) is 0 Å². The van der Waals surface area contributed by atoms with Crippen LogP contribution in [-0.2, 0) is 0 Å². The van der Waals surface area contributed by atoms with Gasteiger partial charge in [-0.25, -0.2) is 0 Å². The first-order chi connectivity index (χ1) is 8.79. The van der Waals surface area contributed by atoms with Crippen LogP contribution in [0.15, 0.2) is 0 Å². The lowest BCUT2D eigenvalue weighted by Crippen LogP contribution is -2.40. The average Bonchev–Trinajstić information content (AvgIpc) is 2.88. The average molecular weight is 254 g/mol. The third kappa shape index (κ3) is 4.22. The Morgan fingerprint density at radius 1 is 1.17 bits per heavy atom. The molecule has 1 N–H and O–H groups in total. The van der Waals surface area contributed by atoms with E-state index in [0.29, 0.717) is 0 Å². The number of piperidine rings is 1. The highest BCUT2D eigenvalue weighted by Gasteiger charge is 2.27. The molecule has 2 unspecified atom stereocenters. The molecule has 2 heterocycles.